The van der Waals surface area contributed by atoms with Gasteiger partial charge < -0.3 is 0 Å². The minimum absolute atomic E-state index is 0. The monoisotopic (exact) mass is 426 g/mol. The molecular weight excluding hydrogens is 429 g/mol. The van der Waals surface area contributed by atoms with Crippen LogP contribution in [0.3, 0.4) is 0 Å². The van der Waals surface area contributed by atoms with E-state index in [1.165, 1.54) is 0 Å². The van der Waals surface area contributed by atoms with Gasteiger partial charge in [0.25, 0.3) is 0 Å². The Kier molecular flexibility index (Phi) is 124. The third kappa shape index (κ3) is 8.84. The van der Waals surface area contributed by atoms with Gasteiger partial charge in [-0.2, -0.15) is 0 Å². The van der Waals surface area contributed by atoms with E-state index in [2.05, 4.69) is 0 Å². The summed E-state index contributed by atoms with van der Waals surface area (Å²) in [6.45, 7) is 0. The Bertz CT molecular complexity index is 4.00. The second-order valence-corrected chi connectivity index (χ2v) is 0. The third-order valence-corrected chi connectivity index (χ3v) is 0. The molecule has 0 unspecified atom stereocenters. The fourth-order valence-electron chi connectivity index (χ4n) is 0. The van der Waals surface area contributed by atoms with Crippen LogP contribution in [-0.2, 0) is 85.6 Å². The Labute approximate surface area is 84.2 Å². The first-order valence-corrected chi connectivity index (χ1v) is 0. The van der Waals surface area contributed by atoms with Gasteiger partial charge in [-0.3, -0.25) is 0 Å². The number of rotatable bonds is 0. The van der Waals surface area contributed by atoms with Gasteiger partial charge in [-0.1, -0.05) is 0 Å². The molecule has 0 saturated heterocycles. The van der Waals surface area contributed by atoms with Crippen molar-refractivity contribution in [1.82, 2.24) is 0 Å². The van der Waals surface area contributed by atoms with Crippen molar-refractivity contribution in [3.05, 3.63) is 0 Å². The average Bonchev–Trinajstić information content (AvgIpc) is 0. The summed E-state index contributed by atoms with van der Waals surface area (Å²) in [5.41, 5.74) is 0. The van der Waals surface area contributed by atoms with Crippen molar-refractivity contribution in [2.24, 2.45) is 0 Å². The zero-order valence-electron chi connectivity index (χ0n) is 1.24. The van der Waals surface area contributed by atoms with Crippen LogP contribution in [0.15, 0.2) is 0 Å². The van der Waals surface area contributed by atoms with Crippen LogP contribution in [0.4, 0.5) is 0 Å². The molecule has 0 amide bonds. The standard InChI is InChI=1S/2Ag.2Pd. The molecular formula is Ag2Pd2. The van der Waals surface area contributed by atoms with E-state index in [9.17, 15) is 0 Å². The molecule has 0 nitrogen and oxygen atoms in total. The summed E-state index contributed by atoms with van der Waals surface area (Å²) in [7, 11) is 0. The number of hydrogen-bond acceptors (Lipinski definition) is 0. The first-order valence-electron chi connectivity index (χ1n) is 0. The summed E-state index contributed by atoms with van der Waals surface area (Å²) >= 11 is 0. The van der Waals surface area contributed by atoms with Gasteiger partial charge in [-0.15, -0.1) is 0 Å². The Morgan fingerprint density at radius 1 is 0.500 bits per heavy atom. The van der Waals surface area contributed by atoms with Crippen LogP contribution in [0, 0.1) is 0 Å². The van der Waals surface area contributed by atoms with Gasteiger partial charge >= 0.3 is 0 Å². The summed E-state index contributed by atoms with van der Waals surface area (Å²) in [5, 5.41) is 0. The van der Waals surface area contributed by atoms with E-state index in [1.807, 2.05) is 0 Å². The summed E-state index contributed by atoms with van der Waals surface area (Å²) in [6, 6.07) is 0. The maximum Gasteiger partial charge on any atom is 0 e. The summed E-state index contributed by atoms with van der Waals surface area (Å²) in [5.74, 6) is 0. The van der Waals surface area contributed by atoms with E-state index in [1.54, 1.807) is 0 Å². The molecule has 0 spiro atoms. The molecule has 4 heavy (non-hydrogen) atoms. The minimum Gasteiger partial charge on any atom is 0 e. The fraction of sp³-hybridized carbons (Fsp3) is 0. The van der Waals surface area contributed by atoms with Crippen molar-refractivity contribution >= 4 is 0 Å². The van der Waals surface area contributed by atoms with E-state index in [0.29, 0.717) is 0 Å². The van der Waals surface area contributed by atoms with Gasteiger partial charge in [0.15, 0.2) is 0 Å². The van der Waals surface area contributed by atoms with E-state index < -0.39 is 0 Å². The Balaban J connectivity index is 0. The van der Waals surface area contributed by atoms with Gasteiger partial charge in [-0.25, -0.2) is 0 Å². The average molecular weight is 429 g/mol. The summed E-state index contributed by atoms with van der Waals surface area (Å²) < 4.78 is 0. The zero-order valence-corrected chi connectivity index (χ0v) is 7.31. The van der Waals surface area contributed by atoms with Gasteiger partial charge in [-0.05, 0) is 0 Å². The second-order valence-electron chi connectivity index (χ2n) is 0. The largest absolute Gasteiger partial charge is 0 e. The molecule has 0 bridgehead atoms. The maximum absolute atomic E-state index is 0. The van der Waals surface area contributed by atoms with Gasteiger partial charge in [0.2, 0.25) is 0 Å². The van der Waals surface area contributed by atoms with Crippen molar-refractivity contribution < 1.29 is 85.6 Å². The molecule has 0 saturated carbocycles. The summed E-state index contributed by atoms with van der Waals surface area (Å²) in [6.07, 6.45) is 0. The van der Waals surface area contributed by atoms with Crippen molar-refractivity contribution in [2.45, 2.75) is 0 Å². The Morgan fingerprint density at radius 3 is 0.500 bits per heavy atom. The van der Waals surface area contributed by atoms with Crippen LogP contribution < -0.4 is 0 Å². The maximum atomic E-state index is 0. The topological polar surface area (TPSA) is 0 Å². The second kappa shape index (κ2) is 17.0. The fourth-order valence-corrected chi connectivity index (χ4v) is 0. The van der Waals surface area contributed by atoms with Crippen LogP contribution in [-0.4, -0.2) is 0 Å². The molecule has 0 atom stereocenters. The predicted molar refractivity (Wildman–Crippen MR) is 0 cm³/mol. The van der Waals surface area contributed by atoms with Gasteiger partial charge in [0.1, 0.15) is 0 Å². The molecule has 2 radical (unpaired) electrons. The minimum atomic E-state index is 0. The molecule has 0 aliphatic carbocycles. The smallest absolute Gasteiger partial charge is 0 e. The van der Waals surface area contributed by atoms with Crippen molar-refractivity contribution in [3.63, 3.8) is 0 Å². The molecule has 0 heterocycles. The Hall–Kier alpha value is 2.81. The van der Waals surface area contributed by atoms with E-state index in [0.717, 1.165) is 0 Å². The van der Waals surface area contributed by atoms with E-state index >= 15 is 0 Å². The molecule has 0 aliphatic heterocycles. The number of hydrogen-bond donors (Lipinski definition) is 0. The van der Waals surface area contributed by atoms with Crippen LogP contribution in [0.25, 0.3) is 0 Å². The molecule has 42 valence electrons. The molecule has 0 aromatic heterocycles. The normalized spacial score (nSPS) is 0. The molecule has 4 heteroatoms. The third-order valence-electron chi connectivity index (χ3n) is 0. The zero-order chi connectivity index (χ0) is 0. The van der Waals surface area contributed by atoms with Crippen molar-refractivity contribution in [1.29, 1.82) is 0 Å². The summed E-state index contributed by atoms with van der Waals surface area (Å²) in [4.78, 5) is 0. The predicted octanol–water partition coefficient (Wildman–Crippen LogP) is -0.0100. The SMILES string of the molecule is [Ag].[Ag].[Pd].[Pd]. The van der Waals surface area contributed by atoms with Crippen LogP contribution in [0.2, 0.25) is 0 Å². The first-order chi connectivity index (χ1) is 0. The van der Waals surface area contributed by atoms with E-state index in [4.69, 9.17) is 0 Å². The van der Waals surface area contributed by atoms with Crippen LogP contribution in [0.1, 0.15) is 0 Å². The molecule has 0 aromatic rings. The Morgan fingerprint density at radius 2 is 0.500 bits per heavy atom. The van der Waals surface area contributed by atoms with E-state index in [-0.39, 0.29) is 85.6 Å². The molecule has 0 aliphatic rings. The molecule has 0 N–H and O–H groups in total. The quantitative estimate of drug-likeness (QED) is 0.476. The van der Waals surface area contributed by atoms with Gasteiger partial charge in [0.05, 0.1) is 0 Å². The van der Waals surface area contributed by atoms with Crippen molar-refractivity contribution in [2.75, 3.05) is 0 Å². The van der Waals surface area contributed by atoms with Crippen LogP contribution >= 0.6 is 0 Å². The first kappa shape index (κ1) is 29.1. The van der Waals surface area contributed by atoms with Crippen molar-refractivity contribution in [3.8, 4) is 0 Å². The molecule has 0 fully saturated rings. The molecule has 0 aromatic carbocycles. The van der Waals surface area contributed by atoms with Gasteiger partial charge in [0, 0.05) is 85.6 Å². The molecule has 0 rings (SSSR count). The van der Waals surface area contributed by atoms with Crippen LogP contribution in [0.5, 0.6) is 0 Å².